The molecule has 2 saturated heterocycles. The van der Waals surface area contributed by atoms with Gasteiger partial charge < -0.3 is 25.3 Å². The van der Waals surface area contributed by atoms with E-state index in [0.717, 1.165) is 66.4 Å². The van der Waals surface area contributed by atoms with Gasteiger partial charge in [-0.1, -0.05) is 18.7 Å². The molecule has 2 aliphatic heterocycles. The third-order valence-electron chi connectivity index (χ3n) is 6.96. The van der Waals surface area contributed by atoms with Gasteiger partial charge in [0.15, 0.2) is 0 Å². The van der Waals surface area contributed by atoms with E-state index in [4.69, 9.17) is 15.5 Å². The minimum atomic E-state index is -0.0136. The lowest BCUT2D eigenvalue weighted by molar-refractivity contribution is -0.130. The summed E-state index contributed by atoms with van der Waals surface area (Å²) in [5.74, 6) is -0.0136. The summed E-state index contributed by atoms with van der Waals surface area (Å²) in [5.41, 5.74) is 12.4. The number of carbonyl (C=O) groups excluding carboxylic acids is 1. The van der Waals surface area contributed by atoms with E-state index in [1.165, 1.54) is 11.6 Å². The second-order valence-corrected chi connectivity index (χ2v) is 9.07. The first-order valence-electron chi connectivity index (χ1n) is 11.8. The van der Waals surface area contributed by atoms with Crippen molar-refractivity contribution in [1.82, 2.24) is 19.8 Å². The Morgan fingerprint density at radius 1 is 1.29 bits per heavy atom. The van der Waals surface area contributed by atoms with Crippen LogP contribution in [0.4, 0.5) is 5.69 Å². The molecule has 3 N–H and O–H groups in total. The molecule has 8 heteroatoms. The van der Waals surface area contributed by atoms with E-state index in [1.807, 2.05) is 11.1 Å². The third-order valence-corrected chi connectivity index (χ3v) is 6.96. The largest absolute Gasteiger partial charge is 0.379 e. The van der Waals surface area contributed by atoms with Crippen molar-refractivity contribution in [2.24, 2.45) is 5.73 Å². The number of likely N-dealkylation sites (tertiary alicyclic amines) is 1. The maximum atomic E-state index is 11.8. The Labute approximate surface area is 200 Å². The number of morpholine rings is 1. The number of carbonyl (C=O) groups is 1. The number of pyridine rings is 1. The van der Waals surface area contributed by atoms with Crippen LogP contribution in [0.25, 0.3) is 22.3 Å². The summed E-state index contributed by atoms with van der Waals surface area (Å²) < 4.78 is 5.44. The van der Waals surface area contributed by atoms with Gasteiger partial charge >= 0.3 is 0 Å². The Morgan fingerprint density at radius 2 is 2.09 bits per heavy atom. The molecule has 2 aliphatic rings. The molecule has 0 saturated carbocycles. The number of nitrogens with one attached hydrogen (secondary N) is 1. The van der Waals surface area contributed by atoms with E-state index < -0.39 is 0 Å². The fourth-order valence-corrected chi connectivity index (χ4v) is 4.78. The quantitative estimate of drug-likeness (QED) is 0.526. The van der Waals surface area contributed by atoms with Gasteiger partial charge in [-0.15, -0.1) is 0 Å². The van der Waals surface area contributed by atoms with Gasteiger partial charge in [0.05, 0.1) is 36.2 Å². The molecule has 0 unspecified atom stereocenters. The van der Waals surface area contributed by atoms with Gasteiger partial charge in [0.1, 0.15) is 0 Å². The number of H-pyrrole nitrogens is 1. The van der Waals surface area contributed by atoms with E-state index in [1.54, 1.807) is 0 Å². The van der Waals surface area contributed by atoms with Gasteiger partial charge in [0.2, 0.25) is 5.91 Å². The standard InChI is InChI=1S/C26H32N6O2/c1-3-25(33)32-16-20(17-32)30(2)24-7-5-19(13-27)26-21(24)12-23(29-26)22-6-4-18(14-28-22)15-31-8-10-34-11-9-31/h3-7,12,14,20,29H,1,8-11,13,15-17,27H2,2H3. The average Bonchev–Trinajstić information content (AvgIpc) is 3.29. The van der Waals surface area contributed by atoms with Gasteiger partial charge in [-0.2, -0.15) is 0 Å². The molecular weight excluding hydrogens is 428 g/mol. The highest BCUT2D eigenvalue weighted by Crippen LogP contribution is 2.34. The Balaban J connectivity index is 1.39. The van der Waals surface area contributed by atoms with Crippen LogP contribution in [0.15, 0.2) is 49.2 Å². The number of aromatic nitrogens is 2. The Morgan fingerprint density at radius 3 is 2.76 bits per heavy atom. The van der Waals surface area contributed by atoms with Crippen LogP contribution in [0.2, 0.25) is 0 Å². The molecule has 8 nitrogen and oxygen atoms in total. The molecule has 2 fully saturated rings. The number of anilines is 1. The van der Waals surface area contributed by atoms with Crippen LogP contribution in [0.1, 0.15) is 11.1 Å². The maximum Gasteiger partial charge on any atom is 0.246 e. The van der Waals surface area contributed by atoms with Crippen molar-refractivity contribution in [3.8, 4) is 11.4 Å². The molecule has 1 aromatic carbocycles. The van der Waals surface area contributed by atoms with Crippen molar-refractivity contribution in [1.29, 1.82) is 0 Å². The predicted octanol–water partition coefficient (Wildman–Crippen LogP) is 2.35. The third kappa shape index (κ3) is 4.32. The number of hydrogen-bond acceptors (Lipinski definition) is 6. The zero-order valence-electron chi connectivity index (χ0n) is 19.7. The van der Waals surface area contributed by atoms with Crippen LogP contribution >= 0.6 is 0 Å². The number of rotatable bonds is 7. The lowest BCUT2D eigenvalue weighted by Gasteiger charge is -2.44. The second-order valence-electron chi connectivity index (χ2n) is 9.07. The lowest BCUT2D eigenvalue weighted by Crippen LogP contribution is -2.60. The Kier molecular flexibility index (Phi) is 6.36. The Bertz CT molecular complexity index is 1180. The molecule has 3 aromatic rings. The van der Waals surface area contributed by atoms with Crippen molar-refractivity contribution in [2.45, 2.75) is 19.1 Å². The number of benzene rings is 1. The number of likely N-dealkylation sites (N-methyl/N-ethyl adjacent to an activating group) is 1. The van der Waals surface area contributed by atoms with E-state index in [0.29, 0.717) is 19.6 Å². The minimum absolute atomic E-state index is 0.0136. The van der Waals surface area contributed by atoms with Crippen LogP contribution in [-0.2, 0) is 22.6 Å². The molecule has 4 heterocycles. The van der Waals surface area contributed by atoms with E-state index in [2.05, 4.69) is 58.7 Å². The molecule has 0 aliphatic carbocycles. The molecule has 0 spiro atoms. The van der Waals surface area contributed by atoms with Crippen molar-refractivity contribution < 1.29 is 9.53 Å². The Hall–Kier alpha value is -3.20. The first-order chi connectivity index (χ1) is 16.6. The molecule has 0 radical (unpaired) electrons. The van der Waals surface area contributed by atoms with Crippen molar-refractivity contribution in [3.05, 3.63) is 60.3 Å². The highest BCUT2D eigenvalue weighted by atomic mass is 16.5. The van der Waals surface area contributed by atoms with E-state index in [-0.39, 0.29) is 11.9 Å². The number of hydrogen-bond donors (Lipinski definition) is 2. The molecule has 34 heavy (non-hydrogen) atoms. The first-order valence-corrected chi connectivity index (χ1v) is 11.8. The van der Waals surface area contributed by atoms with Crippen LogP contribution in [0.5, 0.6) is 0 Å². The predicted molar refractivity (Wildman–Crippen MR) is 134 cm³/mol. The topological polar surface area (TPSA) is 90.7 Å². The molecule has 178 valence electrons. The highest BCUT2D eigenvalue weighted by molar-refractivity contribution is 5.98. The highest BCUT2D eigenvalue weighted by Gasteiger charge is 2.33. The van der Waals surface area contributed by atoms with Crippen LogP contribution in [0, 0.1) is 0 Å². The molecule has 1 amide bonds. The fourth-order valence-electron chi connectivity index (χ4n) is 4.78. The smallest absolute Gasteiger partial charge is 0.246 e. The SMILES string of the molecule is C=CC(=O)N1CC(N(C)c2ccc(CN)c3[nH]c(-c4ccc(CN5CCOCC5)cn4)cc23)C1. The summed E-state index contributed by atoms with van der Waals surface area (Å²) in [6, 6.07) is 10.9. The first kappa shape index (κ1) is 22.6. The molecule has 2 aromatic heterocycles. The van der Waals surface area contributed by atoms with Gasteiger partial charge in [-0.3, -0.25) is 14.7 Å². The number of ether oxygens (including phenoxy) is 1. The van der Waals surface area contributed by atoms with Crippen LogP contribution < -0.4 is 10.6 Å². The van der Waals surface area contributed by atoms with Crippen molar-refractivity contribution in [3.63, 3.8) is 0 Å². The molecule has 5 rings (SSSR count). The van der Waals surface area contributed by atoms with Gasteiger partial charge in [0.25, 0.3) is 0 Å². The van der Waals surface area contributed by atoms with Crippen molar-refractivity contribution in [2.75, 3.05) is 51.3 Å². The van der Waals surface area contributed by atoms with E-state index >= 15 is 0 Å². The second kappa shape index (κ2) is 9.58. The maximum absolute atomic E-state index is 11.8. The summed E-state index contributed by atoms with van der Waals surface area (Å²) in [7, 11) is 2.09. The van der Waals surface area contributed by atoms with Crippen LogP contribution in [-0.4, -0.2) is 78.2 Å². The van der Waals surface area contributed by atoms with E-state index in [9.17, 15) is 4.79 Å². The van der Waals surface area contributed by atoms with Gasteiger partial charge in [0, 0.05) is 63.6 Å². The summed E-state index contributed by atoms with van der Waals surface area (Å²) in [6.07, 6.45) is 3.34. The zero-order valence-corrected chi connectivity index (χ0v) is 19.7. The monoisotopic (exact) mass is 460 g/mol. The average molecular weight is 461 g/mol. The van der Waals surface area contributed by atoms with Gasteiger partial charge in [-0.05, 0) is 35.4 Å². The van der Waals surface area contributed by atoms with Crippen molar-refractivity contribution >= 4 is 22.5 Å². The van der Waals surface area contributed by atoms with Crippen LogP contribution in [0.3, 0.4) is 0 Å². The fraction of sp³-hybridized carbons (Fsp3) is 0.385. The number of nitrogens with zero attached hydrogens (tertiary/aromatic N) is 4. The van der Waals surface area contributed by atoms with Gasteiger partial charge in [-0.25, -0.2) is 0 Å². The normalized spacial score (nSPS) is 17.1. The number of amides is 1. The number of nitrogens with two attached hydrogens (primary N) is 1. The number of aromatic amines is 1. The summed E-state index contributed by atoms with van der Waals surface area (Å²) in [6.45, 7) is 9.84. The summed E-state index contributed by atoms with van der Waals surface area (Å²) in [4.78, 5) is 26.6. The minimum Gasteiger partial charge on any atom is -0.379 e. The molecule has 0 bridgehead atoms. The zero-order chi connectivity index (χ0) is 23.7. The summed E-state index contributed by atoms with van der Waals surface area (Å²) in [5, 5.41) is 1.12. The molecular formula is C26H32N6O2. The molecule has 0 atom stereocenters. The number of fused-ring (bicyclic) bond motifs is 1. The lowest BCUT2D eigenvalue weighted by atomic mass is 10.0. The summed E-state index contributed by atoms with van der Waals surface area (Å²) >= 11 is 0.